The van der Waals surface area contributed by atoms with Gasteiger partial charge in [-0.05, 0) is 30.6 Å². The molecule has 0 saturated heterocycles. The van der Waals surface area contributed by atoms with Crippen LogP contribution in [0.5, 0.6) is 0 Å². The summed E-state index contributed by atoms with van der Waals surface area (Å²) in [4.78, 5) is 38.1. The van der Waals surface area contributed by atoms with Gasteiger partial charge in [0.25, 0.3) is 5.91 Å². The molecule has 1 aliphatic rings. The number of nitrogens with zero attached hydrogens (tertiary/aromatic N) is 1. The van der Waals surface area contributed by atoms with Crippen LogP contribution >= 0.6 is 0 Å². The van der Waals surface area contributed by atoms with Gasteiger partial charge in [0.05, 0.1) is 12.9 Å². The number of hydrogen-bond acceptors (Lipinski definition) is 7. The lowest BCUT2D eigenvalue weighted by molar-refractivity contribution is -0.149. The Morgan fingerprint density at radius 2 is 2.15 bits per heavy atom. The second-order valence-electron chi connectivity index (χ2n) is 6.04. The summed E-state index contributed by atoms with van der Waals surface area (Å²) in [6.45, 7) is 2.09. The van der Waals surface area contributed by atoms with Crippen LogP contribution in [0.4, 0.5) is 0 Å². The van der Waals surface area contributed by atoms with E-state index in [9.17, 15) is 24.4 Å². The molecule has 1 aromatic heterocycles. The van der Waals surface area contributed by atoms with E-state index in [1.54, 1.807) is 13.0 Å². The Morgan fingerprint density at radius 3 is 2.81 bits per heavy atom. The standard InChI is InChI=1S/C18H18BNO7/c1-2-26-18(23)16-13-6-8-27-15(13)5-7-20(16)17(22)11-3-4-14(19(24)25)12(9-11)10-21/h3-4,6,8-10,16,24-25H,2,5,7H2,1H3. The fourth-order valence-corrected chi connectivity index (χ4v) is 3.22. The van der Waals surface area contributed by atoms with Crippen molar-refractivity contribution in [2.75, 3.05) is 13.2 Å². The third-order valence-corrected chi connectivity index (χ3v) is 4.48. The van der Waals surface area contributed by atoms with Crippen molar-refractivity contribution in [3.63, 3.8) is 0 Å². The van der Waals surface area contributed by atoms with E-state index in [0.29, 0.717) is 24.0 Å². The van der Waals surface area contributed by atoms with Crippen molar-refractivity contribution in [3.8, 4) is 0 Å². The molecule has 1 aromatic carbocycles. The molecule has 0 saturated carbocycles. The average molecular weight is 371 g/mol. The van der Waals surface area contributed by atoms with Crippen LogP contribution in [0, 0.1) is 0 Å². The molecule has 2 heterocycles. The fourth-order valence-electron chi connectivity index (χ4n) is 3.22. The first kappa shape index (κ1) is 18.9. The summed E-state index contributed by atoms with van der Waals surface area (Å²) in [6.07, 6.45) is 2.35. The van der Waals surface area contributed by atoms with E-state index in [2.05, 4.69) is 0 Å². The predicted octanol–water partition coefficient (Wildman–Crippen LogP) is 0.0746. The molecular formula is C18H18BNO7. The second-order valence-corrected chi connectivity index (χ2v) is 6.04. The molecule has 0 spiro atoms. The fraction of sp³-hybridized carbons (Fsp3) is 0.278. The van der Waals surface area contributed by atoms with Crippen LogP contribution in [0.15, 0.2) is 34.9 Å². The summed E-state index contributed by atoms with van der Waals surface area (Å²) < 4.78 is 10.5. The third-order valence-electron chi connectivity index (χ3n) is 4.48. The maximum Gasteiger partial charge on any atom is 0.489 e. The summed E-state index contributed by atoms with van der Waals surface area (Å²) in [7, 11) is -1.83. The van der Waals surface area contributed by atoms with Crippen LogP contribution in [-0.2, 0) is 16.0 Å². The summed E-state index contributed by atoms with van der Waals surface area (Å²) in [5, 5.41) is 18.6. The number of esters is 1. The summed E-state index contributed by atoms with van der Waals surface area (Å²) in [6, 6.07) is 4.66. The lowest BCUT2D eigenvalue weighted by Crippen LogP contribution is -2.44. The monoisotopic (exact) mass is 371 g/mol. The highest BCUT2D eigenvalue weighted by molar-refractivity contribution is 6.60. The van der Waals surface area contributed by atoms with Crippen LogP contribution in [0.3, 0.4) is 0 Å². The van der Waals surface area contributed by atoms with Gasteiger partial charge < -0.3 is 24.1 Å². The first-order valence-electron chi connectivity index (χ1n) is 8.47. The van der Waals surface area contributed by atoms with Crippen molar-refractivity contribution in [2.45, 2.75) is 19.4 Å². The molecule has 140 valence electrons. The van der Waals surface area contributed by atoms with E-state index >= 15 is 0 Å². The van der Waals surface area contributed by atoms with E-state index in [1.165, 1.54) is 29.4 Å². The minimum Gasteiger partial charge on any atom is -0.469 e. The van der Waals surface area contributed by atoms with Gasteiger partial charge in [-0.2, -0.15) is 0 Å². The molecule has 2 aromatic rings. The van der Waals surface area contributed by atoms with Gasteiger partial charge >= 0.3 is 13.1 Å². The van der Waals surface area contributed by atoms with E-state index in [-0.39, 0.29) is 29.7 Å². The summed E-state index contributed by atoms with van der Waals surface area (Å²) in [5.41, 5.74) is 0.720. The summed E-state index contributed by atoms with van der Waals surface area (Å²) >= 11 is 0. The highest BCUT2D eigenvalue weighted by Gasteiger charge is 2.39. The zero-order valence-corrected chi connectivity index (χ0v) is 14.6. The Morgan fingerprint density at radius 1 is 1.37 bits per heavy atom. The molecule has 0 bridgehead atoms. The zero-order valence-electron chi connectivity index (χ0n) is 14.6. The molecule has 8 nitrogen and oxygen atoms in total. The van der Waals surface area contributed by atoms with Crippen molar-refractivity contribution >= 4 is 30.7 Å². The van der Waals surface area contributed by atoms with Crippen molar-refractivity contribution < 1.29 is 33.6 Å². The first-order valence-corrected chi connectivity index (χ1v) is 8.47. The second kappa shape index (κ2) is 7.77. The number of ether oxygens (including phenoxy) is 1. The molecule has 0 aliphatic carbocycles. The Labute approximate surface area is 155 Å². The lowest BCUT2D eigenvalue weighted by atomic mass is 9.76. The van der Waals surface area contributed by atoms with Crippen LogP contribution in [0.25, 0.3) is 0 Å². The summed E-state index contributed by atoms with van der Waals surface area (Å²) in [5.74, 6) is -0.405. The van der Waals surface area contributed by atoms with Crippen molar-refractivity contribution in [3.05, 3.63) is 53.0 Å². The predicted molar refractivity (Wildman–Crippen MR) is 94.5 cm³/mol. The minimum atomic E-state index is -1.83. The molecule has 9 heteroatoms. The van der Waals surface area contributed by atoms with Crippen LogP contribution in [0.2, 0.25) is 0 Å². The highest BCUT2D eigenvalue weighted by Crippen LogP contribution is 2.32. The number of aldehydes is 1. The number of fused-ring (bicyclic) bond motifs is 1. The molecule has 27 heavy (non-hydrogen) atoms. The smallest absolute Gasteiger partial charge is 0.469 e. The van der Waals surface area contributed by atoms with Gasteiger partial charge in [-0.15, -0.1) is 0 Å². The quantitative estimate of drug-likeness (QED) is 0.434. The molecule has 1 unspecified atom stereocenters. The van der Waals surface area contributed by atoms with Gasteiger partial charge in [0.2, 0.25) is 0 Å². The number of carbonyl (C=O) groups excluding carboxylic acids is 3. The first-order chi connectivity index (χ1) is 13.0. The van der Waals surface area contributed by atoms with Crippen LogP contribution < -0.4 is 5.46 Å². The van der Waals surface area contributed by atoms with Gasteiger partial charge in [-0.25, -0.2) is 4.79 Å². The van der Waals surface area contributed by atoms with Crippen LogP contribution in [0.1, 0.15) is 45.0 Å². The van der Waals surface area contributed by atoms with E-state index in [4.69, 9.17) is 9.15 Å². The molecular weight excluding hydrogens is 353 g/mol. The Hall–Kier alpha value is -2.91. The van der Waals surface area contributed by atoms with Crippen molar-refractivity contribution in [1.29, 1.82) is 0 Å². The number of rotatable bonds is 5. The molecule has 1 atom stereocenters. The maximum absolute atomic E-state index is 13.0. The number of carbonyl (C=O) groups is 3. The minimum absolute atomic E-state index is 0.000687. The van der Waals surface area contributed by atoms with Gasteiger partial charge in [0, 0.05) is 29.7 Å². The molecule has 3 rings (SSSR count). The van der Waals surface area contributed by atoms with Crippen molar-refractivity contribution in [2.24, 2.45) is 0 Å². The highest BCUT2D eigenvalue weighted by atomic mass is 16.5. The van der Waals surface area contributed by atoms with Gasteiger partial charge in [0.1, 0.15) is 12.0 Å². The topological polar surface area (TPSA) is 117 Å². The van der Waals surface area contributed by atoms with Crippen LogP contribution in [-0.4, -0.2) is 53.4 Å². The van der Waals surface area contributed by atoms with Gasteiger partial charge in [0.15, 0.2) is 6.04 Å². The number of benzene rings is 1. The molecule has 1 amide bonds. The van der Waals surface area contributed by atoms with E-state index in [0.717, 1.165) is 0 Å². The Kier molecular flexibility index (Phi) is 5.43. The number of hydrogen-bond donors (Lipinski definition) is 2. The largest absolute Gasteiger partial charge is 0.489 e. The molecule has 0 radical (unpaired) electrons. The third kappa shape index (κ3) is 3.51. The molecule has 1 aliphatic heterocycles. The Bertz CT molecular complexity index is 876. The molecule has 0 fully saturated rings. The SMILES string of the molecule is CCOC(=O)C1c2ccoc2CCN1C(=O)c1ccc(B(O)O)c(C=O)c1. The van der Waals surface area contributed by atoms with Gasteiger partial charge in [-0.1, -0.05) is 6.07 Å². The lowest BCUT2D eigenvalue weighted by Gasteiger charge is -2.33. The van der Waals surface area contributed by atoms with Gasteiger partial charge in [-0.3, -0.25) is 9.59 Å². The Balaban J connectivity index is 1.97. The van der Waals surface area contributed by atoms with E-state index < -0.39 is 25.0 Å². The number of amides is 1. The molecule has 2 N–H and O–H groups in total. The van der Waals surface area contributed by atoms with Crippen molar-refractivity contribution in [1.82, 2.24) is 4.90 Å². The normalized spacial score (nSPS) is 15.8. The number of furan rings is 1. The van der Waals surface area contributed by atoms with E-state index in [1.807, 2.05) is 0 Å². The maximum atomic E-state index is 13.0. The average Bonchev–Trinajstić information content (AvgIpc) is 3.14. The zero-order chi connectivity index (χ0) is 19.6.